The Hall–Kier alpha value is -4.19. The minimum atomic E-state index is -1.29. The minimum Gasteiger partial charge on any atom is -0.467 e. The summed E-state index contributed by atoms with van der Waals surface area (Å²) in [6.45, 7) is 7.50. The lowest BCUT2D eigenvalue weighted by Gasteiger charge is -2.40. The maximum Gasteiger partial charge on any atom is 0.338 e. The summed E-state index contributed by atoms with van der Waals surface area (Å²) in [4.78, 5) is 40.3. The summed E-state index contributed by atoms with van der Waals surface area (Å²) >= 11 is 0. The van der Waals surface area contributed by atoms with Crippen LogP contribution in [0.3, 0.4) is 0 Å². The summed E-state index contributed by atoms with van der Waals surface area (Å²) < 4.78 is 41.9. The number of methoxy groups -OCH3 is 1. The lowest BCUT2D eigenvalue weighted by atomic mass is 9.91. The van der Waals surface area contributed by atoms with E-state index in [1.807, 2.05) is 60.7 Å². The Morgan fingerprint density at radius 1 is 0.872 bits per heavy atom. The van der Waals surface area contributed by atoms with Crippen LogP contribution in [0.2, 0.25) is 0 Å². The van der Waals surface area contributed by atoms with Crippen LogP contribution in [0.5, 0.6) is 0 Å². The van der Waals surface area contributed by atoms with Crippen molar-refractivity contribution in [2.45, 2.75) is 82.0 Å². The number of Topliss-reactive ketones (excluding diaryl/α,β-unsaturated/α-hetero) is 1. The normalized spacial score (nSPS) is 25.9. The molecule has 0 N–H and O–H groups in total. The van der Waals surface area contributed by atoms with Crippen LogP contribution < -0.4 is 0 Å². The SMILES string of the molecule is C=C[C@H](OC(=O)c1ccccc1)[C@H]1OC(C)(C)O[C@@H]1C[C@H]1O[C@H](C(=O)OC)[C@@H](OCc2ccccc2)[C@H](OCc2ccccc2)C1=O. The number of esters is 2. The molecular formula is C37H40O10. The van der Waals surface area contributed by atoms with Crippen LogP contribution in [-0.2, 0) is 56.0 Å². The van der Waals surface area contributed by atoms with E-state index < -0.39 is 66.2 Å². The Morgan fingerprint density at radius 2 is 1.45 bits per heavy atom. The van der Waals surface area contributed by atoms with E-state index >= 15 is 0 Å². The maximum absolute atomic E-state index is 14.2. The molecule has 0 unspecified atom stereocenters. The van der Waals surface area contributed by atoms with Gasteiger partial charge in [0.2, 0.25) is 0 Å². The Morgan fingerprint density at radius 3 is 2.02 bits per heavy atom. The standard InChI is InChI=1S/C37H40O10/c1-5-27(45-35(39)26-19-13-8-14-20-26)31-29(46-37(2,3)47-31)21-28-30(38)32(42-22-24-15-9-6-10-16-24)33(34(44-28)36(40)41-4)43-23-25-17-11-7-12-18-25/h5-20,27-29,31-34H,1,21-23H2,2-4H3/t27-,28+,29+,31+,32+,33-,34-/m0/s1. The van der Waals surface area contributed by atoms with Gasteiger partial charge in [0.25, 0.3) is 0 Å². The Bertz CT molecular complexity index is 1490. The third kappa shape index (κ3) is 8.59. The number of hydrogen-bond acceptors (Lipinski definition) is 10. The third-order valence-electron chi connectivity index (χ3n) is 7.97. The molecule has 2 fully saturated rings. The van der Waals surface area contributed by atoms with E-state index in [4.69, 9.17) is 33.2 Å². The van der Waals surface area contributed by atoms with Gasteiger partial charge in [0.05, 0.1) is 32.0 Å². The highest BCUT2D eigenvalue weighted by Gasteiger charge is 2.53. The van der Waals surface area contributed by atoms with Crippen LogP contribution in [0.15, 0.2) is 104 Å². The predicted molar refractivity (Wildman–Crippen MR) is 170 cm³/mol. The quantitative estimate of drug-likeness (QED) is 0.186. The molecule has 0 aliphatic carbocycles. The number of carbonyl (C=O) groups is 3. The molecule has 7 atom stereocenters. The zero-order valence-corrected chi connectivity index (χ0v) is 26.7. The van der Waals surface area contributed by atoms with E-state index in [0.29, 0.717) is 5.56 Å². The van der Waals surface area contributed by atoms with Gasteiger partial charge in [-0.2, -0.15) is 0 Å². The van der Waals surface area contributed by atoms with Crippen molar-refractivity contribution in [3.8, 4) is 0 Å². The van der Waals surface area contributed by atoms with Crippen LogP contribution >= 0.6 is 0 Å². The first-order valence-electron chi connectivity index (χ1n) is 15.5. The van der Waals surface area contributed by atoms with Gasteiger partial charge in [-0.3, -0.25) is 4.79 Å². The van der Waals surface area contributed by atoms with Crippen molar-refractivity contribution < 1.29 is 47.5 Å². The van der Waals surface area contributed by atoms with Gasteiger partial charge in [-0.25, -0.2) is 9.59 Å². The molecule has 248 valence electrons. The molecule has 0 amide bonds. The lowest BCUT2D eigenvalue weighted by molar-refractivity contribution is -0.217. The molecule has 0 spiro atoms. The van der Waals surface area contributed by atoms with E-state index in [9.17, 15) is 14.4 Å². The first-order valence-corrected chi connectivity index (χ1v) is 15.5. The van der Waals surface area contributed by atoms with Gasteiger partial charge in [-0.1, -0.05) is 85.4 Å². The highest BCUT2D eigenvalue weighted by molar-refractivity contribution is 5.91. The summed E-state index contributed by atoms with van der Waals surface area (Å²) in [5.41, 5.74) is 2.04. The lowest BCUT2D eigenvalue weighted by Crippen LogP contribution is -2.60. The molecule has 2 saturated heterocycles. The van der Waals surface area contributed by atoms with Gasteiger partial charge < -0.3 is 33.2 Å². The topological polar surface area (TPSA) is 116 Å². The van der Waals surface area contributed by atoms with Crippen molar-refractivity contribution in [2.24, 2.45) is 0 Å². The molecule has 0 saturated carbocycles. The third-order valence-corrected chi connectivity index (χ3v) is 7.97. The molecule has 10 nitrogen and oxygen atoms in total. The summed E-state index contributed by atoms with van der Waals surface area (Å²) in [5.74, 6) is -2.79. The number of ether oxygens (including phenoxy) is 7. The highest BCUT2D eigenvalue weighted by atomic mass is 16.8. The van der Waals surface area contributed by atoms with Crippen molar-refractivity contribution in [1.82, 2.24) is 0 Å². The number of rotatable bonds is 13. The first-order chi connectivity index (χ1) is 22.7. The molecule has 2 aliphatic heterocycles. The highest BCUT2D eigenvalue weighted by Crippen LogP contribution is 2.36. The molecule has 3 aromatic carbocycles. The first kappa shape index (κ1) is 34.2. The van der Waals surface area contributed by atoms with Gasteiger partial charge in [0.15, 0.2) is 17.7 Å². The van der Waals surface area contributed by atoms with E-state index in [0.717, 1.165) is 11.1 Å². The van der Waals surface area contributed by atoms with Crippen molar-refractivity contribution >= 4 is 17.7 Å². The zero-order valence-electron chi connectivity index (χ0n) is 26.7. The van der Waals surface area contributed by atoms with Crippen molar-refractivity contribution in [3.63, 3.8) is 0 Å². The molecule has 0 bridgehead atoms. The van der Waals surface area contributed by atoms with E-state index in [1.54, 1.807) is 44.2 Å². The Balaban J connectivity index is 1.39. The van der Waals surface area contributed by atoms with Gasteiger partial charge in [-0.05, 0) is 43.2 Å². The fourth-order valence-electron chi connectivity index (χ4n) is 5.73. The summed E-state index contributed by atoms with van der Waals surface area (Å²) in [6.07, 6.45) is -5.86. The molecule has 10 heteroatoms. The van der Waals surface area contributed by atoms with Crippen LogP contribution in [-0.4, -0.2) is 73.3 Å². The average Bonchev–Trinajstić information content (AvgIpc) is 3.40. The second-order valence-corrected chi connectivity index (χ2v) is 11.8. The number of benzene rings is 3. The number of hydrogen-bond donors (Lipinski definition) is 0. The molecule has 47 heavy (non-hydrogen) atoms. The van der Waals surface area contributed by atoms with Crippen molar-refractivity contribution in [1.29, 1.82) is 0 Å². The van der Waals surface area contributed by atoms with Gasteiger partial charge in [0.1, 0.15) is 30.5 Å². The molecule has 2 aliphatic rings. The van der Waals surface area contributed by atoms with Crippen LogP contribution in [0, 0.1) is 0 Å². The summed E-state index contributed by atoms with van der Waals surface area (Å²) in [7, 11) is 1.24. The summed E-state index contributed by atoms with van der Waals surface area (Å²) in [5, 5.41) is 0. The minimum absolute atomic E-state index is 0.0374. The van der Waals surface area contributed by atoms with E-state index in [2.05, 4.69) is 6.58 Å². The number of ketones is 1. The molecule has 0 aromatic heterocycles. The summed E-state index contributed by atoms with van der Waals surface area (Å²) in [6, 6.07) is 27.3. The monoisotopic (exact) mass is 644 g/mol. The molecule has 3 aromatic rings. The fraction of sp³-hybridized carbons (Fsp3) is 0.378. The average molecular weight is 645 g/mol. The number of carbonyl (C=O) groups excluding carboxylic acids is 3. The zero-order chi connectivity index (χ0) is 33.4. The van der Waals surface area contributed by atoms with Crippen LogP contribution in [0.4, 0.5) is 0 Å². The van der Waals surface area contributed by atoms with E-state index in [1.165, 1.54) is 13.2 Å². The predicted octanol–water partition coefficient (Wildman–Crippen LogP) is 4.99. The second kappa shape index (κ2) is 15.6. The molecule has 2 heterocycles. The maximum atomic E-state index is 14.2. The van der Waals surface area contributed by atoms with Gasteiger partial charge >= 0.3 is 11.9 Å². The Labute approximate surface area is 274 Å². The van der Waals surface area contributed by atoms with Gasteiger partial charge in [-0.15, -0.1) is 0 Å². The largest absolute Gasteiger partial charge is 0.467 e. The molecule has 5 rings (SSSR count). The van der Waals surface area contributed by atoms with E-state index in [-0.39, 0.29) is 19.6 Å². The second-order valence-electron chi connectivity index (χ2n) is 11.8. The smallest absolute Gasteiger partial charge is 0.338 e. The van der Waals surface area contributed by atoms with Crippen molar-refractivity contribution in [2.75, 3.05) is 7.11 Å². The Kier molecular flexibility index (Phi) is 11.3. The molecular weight excluding hydrogens is 604 g/mol. The fourth-order valence-corrected chi connectivity index (χ4v) is 5.73. The van der Waals surface area contributed by atoms with Crippen LogP contribution in [0.1, 0.15) is 41.8 Å². The van der Waals surface area contributed by atoms with Crippen LogP contribution in [0.25, 0.3) is 0 Å². The molecule has 0 radical (unpaired) electrons. The van der Waals surface area contributed by atoms with Crippen molar-refractivity contribution in [3.05, 3.63) is 120 Å². The van der Waals surface area contributed by atoms with Gasteiger partial charge in [0, 0.05) is 6.42 Å².